The molecule has 0 bridgehead atoms. The molecule has 1 amide bonds. The molecule has 1 atom stereocenters. The number of hydrogen-bond acceptors (Lipinski definition) is 3. The number of carbonyl (C=O) groups is 1. The van der Waals surface area contributed by atoms with E-state index in [1.807, 2.05) is 0 Å². The number of rotatable bonds is 5. The van der Waals surface area contributed by atoms with Crippen LogP contribution < -0.4 is 10.9 Å². The maximum absolute atomic E-state index is 13.5. The Labute approximate surface area is 176 Å². The van der Waals surface area contributed by atoms with Crippen LogP contribution in [-0.2, 0) is 6.54 Å². The van der Waals surface area contributed by atoms with Crippen molar-refractivity contribution in [1.82, 2.24) is 9.88 Å². The topological polar surface area (TPSA) is 64.2 Å². The molecule has 7 heteroatoms. The number of halogens is 2. The molecule has 1 unspecified atom stereocenters. The zero-order valence-electron chi connectivity index (χ0n) is 17.0. The minimum Gasteiger partial charge on any atom is -0.460 e. The predicted octanol–water partition coefficient (Wildman–Crippen LogP) is 4.72. The Morgan fingerprint density at radius 1 is 1.10 bits per heavy atom. The average molecular weight is 422 g/mol. The van der Waals surface area contributed by atoms with Crippen molar-refractivity contribution in [2.24, 2.45) is 0 Å². The van der Waals surface area contributed by atoms with Crippen molar-refractivity contribution < 1.29 is 18.0 Å². The van der Waals surface area contributed by atoms with Gasteiger partial charge in [0.05, 0.1) is 23.5 Å². The average Bonchev–Trinajstić information content (AvgIpc) is 3.07. The Morgan fingerprint density at radius 2 is 1.84 bits per heavy atom. The third-order valence-corrected chi connectivity index (χ3v) is 5.18. The molecule has 4 aromatic rings. The molecule has 31 heavy (non-hydrogen) atoms. The number of carbonyl (C=O) groups excluding carboxylic acids is 1. The molecule has 0 fully saturated rings. The molecule has 5 nitrogen and oxygen atoms in total. The van der Waals surface area contributed by atoms with E-state index in [9.17, 15) is 18.4 Å². The smallest absolute Gasteiger partial charge is 0.262 e. The highest BCUT2D eigenvalue weighted by Crippen LogP contribution is 2.24. The van der Waals surface area contributed by atoms with Crippen LogP contribution in [0.4, 0.5) is 8.78 Å². The standard InChI is InChI=1S/C24H20F2N2O3/c1-14(17-6-8-18(25)9-7-17)27-23(29)21-15(2)31-20-10-11-28(24(30)22(20)21)13-16-4-3-5-19(26)12-16/h3-12,14H,13H2,1-2H3,(H,27,29). The second-order valence-corrected chi connectivity index (χ2v) is 7.40. The van der Waals surface area contributed by atoms with E-state index in [1.165, 1.54) is 28.8 Å². The summed E-state index contributed by atoms with van der Waals surface area (Å²) in [5.74, 6) is -0.897. The summed E-state index contributed by atoms with van der Waals surface area (Å²) in [4.78, 5) is 26.2. The first-order chi connectivity index (χ1) is 14.8. The van der Waals surface area contributed by atoms with E-state index in [1.54, 1.807) is 50.4 Å². The van der Waals surface area contributed by atoms with Gasteiger partial charge < -0.3 is 14.3 Å². The van der Waals surface area contributed by atoms with E-state index in [4.69, 9.17) is 4.42 Å². The molecule has 0 aliphatic carbocycles. The van der Waals surface area contributed by atoms with Gasteiger partial charge in [-0.05, 0) is 55.3 Å². The zero-order valence-corrected chi connectivity index (χ0v) is 17.0. The molecule has 4 rings (SSSR count). The molecule has 0 saturated heterocycles. The molecule has 0 saturated carbocycles. The van der Waals surface area contributed by atoms with Crippen LogP contribution in [0.1, 0.15) is 40.2 Å². The third kappa shape index (κ3) is 4.12. The summed E-state index contributed by atoms with van der Waals surface area (Å²) in [5.41, 5.74) is 1.40. The number of furan rings is 1. The summed E-state index contributed by atoms with van der Waals surface area (Å²) in [6, 6.07) is 13.0. The van der Waals surface area contributed by atoms with Crippen LogP contribution in [0, 0.1) is 18.6 Å². The monoisotopic (exact) mass is 422 g/mol. The number of nitrogens with one attached hydrogen (secondary N) is 1. The number of amides is 1. The summed E-state index contributed by atoms with van der Waals surface area (Å²) in [5, 5.41) is 3.00. The third-order valence-electron chi connectivity index (χ3n) is 5.18. The summed E-state index contributed by atoms with van der Waals surface area (Å²) in [6.07, 6.45) is 1.56. The van der Waals surface area contributed by atoms with Gasteiger partial charge in [-0.15, -0.1) is 0 Å². The van der Waals surface area contributed by atoms with E-state index >= 15 is 0 Å². The van der Waals surface area contributed by atoms with Crippen molar-refractivity contribution >= 4 is 16.9 Å². The van der Waals surface area contributed by atoms with Crippen molar-refractivity contribution in [3.63, 3.8) is 0 Å². The maximum atomic E-state index is 13.5. The molecule has 0 aliphatic rings. The Bertz CT molecular complexity index is 1320. The lowest BCUT2D eigenvalue weighted by molar-refractivity contribution is 0.0939. The van der Waals surface area contributed by atoms with Gasteiger partial charge in [0.1, 0.15) is 23.0 Å². The van der Waals surface area contributed by atoms with E-state index in [0.717, 1.165) is 5.56 Å². The zero-order chi connectivity index (χ0) is 22.1. The van der Waals surface area contributed by atoms with Crippen LogP contribution in [-0.4, -0.2) is 10.5 Å². The molecular weight excluding hydrogens is 402 g/mol. The normalized spacial score (nSPS) is 12.1. The molecule has 0 radical (unpaired) electrons. The van der Waals surface area contributed by atoms with Gasteiger partial charge in [-0.25, -0.2) is 8.78 Å². The van der Waals surface area contributed by atoms with Crippen molar-refractivity contribution in [2.75, 3.05) is 0 Å². The molecule has 0 spiro atoms. The van der Waals surface area contributed by atoms with Crippen molar-refractivity contribution in [3.05, 3.63) is 105 Å². The highest BCUT2D eigenvalue weighted by atomic mass is 19.1. The van der Waals surface area contributed by atoms with Crippen molar-refractivity contribution in [2.45, 2.75) is 26.4 Å². The number of aryl methyl sites for hydroxylation is 1. The van der Waals surface area contributed by atoms with Gasteiger partial charge in [-0.2, -0.15) is 0 Å². The van der Waals surface area contributed by atoms with Gasteiger partial charge in [-0.3, -0.25) is 9.59 Å². The fraction of sp³-hybridized carbons (Fsp3) is 0.167. The highest BCUT2D eigenvalue weighted by Gasteiger charge is 2.23. The quantitative estimate of drug-likeness (QED) is 0.506. The molecule has 2 aromatic carbocycles. The number of benzene rings is 2. The molecule has 0 aliphatic heterocycles. The number of nitrogens with zero attached hydrogens (tertiary/aromatic N) is 1. The first kappa shape index (κ1) is 20.5. The predicted molar refractivity (Wildman–Crippen MR) is 113 cm³/mol. The highest BCUT2D eigenvalue weighted by molar-refractivity contribution is 6.07. The summed E-state index contributed by atoms with van der Waals surface area (Å²) in [6.45, 7) is 3.54. The van der Waals surface area contributed by atoms with Crippen LogP contribution in [0.5, 0.6) is 0 Å². The van der Waals surface area contributed by atoms with E-state index in [-0.39, 0.29) is 29.1 Å². The van der Waals surface area contributed by atoms with E-state index < -0.39 is 17.5 Å². The Morgan fingerprint density at radius 3 is 2.55 bits per heavy atom. The van der Waals surface area contributed by atoms with Crippen molar-refractivity contribution in [3.8, 4) is 0 Å². The second kappa shape index (κ2) is 8.18. The van der Waals surface area contributed by atoms with Crippen LogP contribution >= 0.6 is 0 Å². The van der Waals surface area contributed by atoms with E-state index in [0.29, 0.717) is 16.9 Å². The van der Waals surface area contributed by atoms with Gasteiger partial charge in [0.2, 0.25) is 0 Å². The first-order valence-corrected chi connectivity index (χ1v) is 9.77. The maximum Gasteiger partial charge on any atom is 0.262 e. The number of fused-ring (bicyclic) bond motifs is 1. The Kier molecular flexibility index (Phi) is 5.42. The molecule has 2 heterocycles. The lowest BCUT2D eigenvalue weighted by atomic mass is 10.1. The van der Waals surface area contributed by atoms with Gasteiger partial charge in [0.25, 0.3) is 11.5 Å². The lowest BCUT2D eigenvalue weighted by Crippen LogP contribution is -2.29. The summed E-state index contributed by atoms with van der Waals surface area (Å²) < 4.78 is 33.7. The molecular formula is C24H20F2N2O3. The first-order valence-electron chi connectivity index (χ1n) is 9.77. The lowest BCUT2D eigenvalue weighted by Gasteiger charge is -2.14. The number of pyridine rings is 1. The van der Waals surface area contributed by atoms with Crippen LogP contribution in [0.15, 0.2) is 70.0 Å². The van der Waals surface area contributed by atoms with Crippen LogP contribution in [0.25, 0.3) is 11.0 Å². The molecule has 1 N–H and O–H groups in total. The number of hydrogen-bond donors (Lipinski definition) is 1. The molecule has 2 aromatic heterocycles. The van der Waals surface area contributed by atoms with Gasteiger partial charge in [-0.1, -0.05) is 24.3 Å². The fourth-order valence-corrected chi connectivity index (χ4v) is 3.60. The fourth-order valence-electron chi connectivity index (χ4n) is 3.60. The number of aromatic nitrogens is 1. The van der Waals surface area contributed by atoms with Gasteiger partial charge in [0, 0.05) is 6.20 Å². The van der Waals surface area contributed by atoms with Gasteiger partial charge >= 0.3 is 0 Å². The van der Waals surface area contributed by atoms with Crippen LogP contribution in [0.3, 0.4) is 0 Å². The summed E-state index contributed by atoms with van der Waals surface area (Å²) in [7, 11) is 0. The van der Waals surface area contributed by atoms with E-state index in [2.05, 4.69) is 5.32 Å². The Balaban J connectivity index is 1.68. The minimum absolute atomic E-state index is 0.155. The SMILES string of the molecule is Cc1oc2ccn(Cc3cccc(F)c3)c(=O)c2c1C(=O)NC(C)c1ccc(F)cc1. The Hall–Kier alpha value is -3.74. The largest absolute Gasteiger partial charge is 0.460 e. The van der Waals surface area contributed by atoms with Gasteiger partial charge in [0.15, 0.2) is 0 Å². The van der Waals surface area contributed by atoms with Crippen LogP contribution in [0.2, 0.25) is 0 Å². The molecule has 158 valence electrons. The summed E-state index contributed by atoms with van der Waals surface area (Å²) >= 11 is 0. The minimum atomic E-state index is -0.464. The second-order valence-electron chi connectivity index (χ2n) is 7.40. The van der Waals surface area contributed by atoms with Crippen molar-refractivity contribution in [1.29, 1.82) is 0 Å².